The summed E-state index contributed by atoms with van der Waals surface area (Å²) < 4.78 is 0. The number of benzene rings is 1. The molecule has 4 nitrogen and oxygen atoms in total. The van der Waals surface area contributed by atoms with Crippen molar-refractivity contribution >= 4 is 11.6 Å². The number of aromatic nitrogens is 1. The van der Waals surface area contributed by atoms with E-state index in [4.69, 9.17) is 0 Å². The van der Waals surface area contributed by atoms with E-state index >= 15 is 0 Å². The minimum atomic E-state index is -0.194. The van der Waals surface area contributed by atoms with Crippen molar-refractivity contribution in [2.75, 3.05) is 24.5 Å². The van der Waals surface area contributed by atoms with Crippen LogP contribution in [0.3, 0.4) is 0 Å². The van der Waals surface area contributed by atoms with Gasteiger partial charge in [-0.2, -0.15) is 0 Å². The van der Waals surface area contributed by atoms with E-state index in [1.807, 2.05) is 17.0 Å². The molecule has 3 heterocycles. The van der Waals surface area contributed by atoms with Crippen molar-refractivity contribution in [2.24, 2.45) is 5.41 Å². The Morgan fingerprint density at radius 3 is 2.67 bits per heavy atom. The highest BCUT2D eigenvalue weighted by atomic mass is 16.2. The second-order valence-electron chi connectivity index (χ2n) is 7.14. The number of anilines is 1. The van der Waals surface area contributed by atoms with Crippen molar-refractivity contribution in [2.45, 2.75) is 26.3 Å². The Kier molecular flexibility index (Phi) is 3.85. The Labute approximate surface area is 143 Å². The van der Waals surface area contributed by atoms with Gasteiger partial charge in [-0.1, -0.05) is 29.8 Å². The van der Waals surface area contributed by atoms with Gasteiger partial charge in [0.15, 0.2) is 0 Å². The van der Waals surface area contributed by atoms with E-state index in [9.17, 15) is 4.79 Å². The summed E-state index contributed by atoms with van der Waals surface area (Å²) in [4.78, 5) is 21.5. The fourth-order valence-electron chi connectivity index (χ4n) is 4.00. The normalized spacial score (nSPS) is 24.2. The molecule has 1 amide bonds. The Morgan fingerprint density at radius 2 is 1.92 bits per heavy atom. The van der Waals surface area contributed by atoms with Crippen molar-refractivity contribution in [1.29, 1.82) is 0 Å². The van der Waals surface area contributed by atoms with Crippen LogP contribution in [0.5, 0.6) is 0 Å². The lowest BCUT2D eigenvalue weighted by Gasteiger charge is -2.23. The van der Waals surface area contributed by atoms with E-state index in [-0.39, 0.29) is 11.3 Å². The van der Waals surface area contributed by atoms with Gasteiger partial charge in [-0.05, 0) is 44.0 Å². The van der Waals surface area contributed by atoms with Crippen LogP contribution in [0.4, 0.5) is 5.69 Å². The summed E-state index contributed by atoms with van der Waals surface area (Å²) in [5.74, 6) is 0.280. The van der Waals surface area contributed by atoms with Gasteiger partial charge in [0, 0.05) is 25.8 Å². The predicted octanol–water partition coefficient (Wildman–Crippen LogP) is 3.02. The molecule has 0 radical (unpaired) electrons. The first-order valence-corrected chi connectivity index (χ1v) is 8.66. The fraction of sp³-hybridized carbons (Fsp3) is 0.400. The fourth-order valence-corrected chi connectivity index (χ4v) is 4.00. The van der Waals surface area contributed by atoms with Crippen LogP contribution in [0.2, 0.25) is 0 Å². The van der Waals surface area contributed by atoms with Crippen molar-refractivity contribution in [3.63, 3.8) is 0 Å². The zero-order chi connectivity index (χ0) is 16.6. The van der Waals surface area contributed by atoms with Crippen LogP contribution in [0.25, 0.3) is 0 Å². The van der Waals surface area contributed by atoms with E-state index in [2.05, 4.69) is 41.1 Å². The maximum absolute atomic E-state index is 13.0. The van der Waals surface area contributed by atoms with Crippen molar-refractivity contribution in [3.8, 4) is 0 Å². The summed E-state index contributed by atoms with van der Waals surface area (Å²) >= 11 is 0. The zero-order valence-electron chi connectivity index (χ0n) is 14.1. The number of rotatable bonds is 3. The summed E-state index contributed by atoms with van der Waals surface area (Å²) in [6.07, 6.45) is 5.45. The maximum Gasteiger partial charge on any atom is 0.234 e. The lowest BCUT2D eigenvalue weighted by atomic mass is 9.85. The quantitative estimate of drug-likeness (QED) is 0.872. The van der Waals surface area contributed by atoms with Gasteiger partial charge in [0.25, 0.3) is 0 Å². The third-order valence-corrected chi connectivity index (χ3v) is 5.43. The molecule has 2 aliphatic heterocycles. The topological polar surface area (TPSA) is 36.4 Å². The molecular formula is C20H23N3O. The number of carbonyl (C=O) groups excluding carboxylic acids is 1. The number of pyridine rings is 1. The van der Waals surface area contributed by atoms with Crippen molar-refractivity contribution < 1.29 is 4.79 Å². The first kappa shape index (κ1) is 15.3. The Bertz CT molecular complexity index is 728. The summed E-state index contributed by atoms with van der Waals surface area (Å²) in [7, 11) is 0. The largest absolute Gasteiger partial charge is 0.310 e. The molecule has 24 heavy (non-hydrogen) atoms. The second-order valence-corrected chi connectivity index (χ2v) is 7.14. The van der Waals surface area contributed by atoms with Crippen LogP contribution in [-0.4, -0.2) is 35.4 Å². The van der Waals surface area contributed by atoms with Crippen molar-refractivity contribution in [1.82, 2.24) is 9.88 Å². The number of hydrogen-bond donors (Lipinski definition) is 0. The van der Waals surface area contributed by atoms with E-state index in [1.54, 1.807) is 12.4 Å². The van der Waals surface area contributed by atoms with Crippen molar-refractivity contribution in [3.05, 3.63) is 59.9 Å². The van der Waals surface area contributed by atoms with Crippen LogP contribution in [0.15, 0.2) is 48.8 Å². The highest BCUT2D eigenvalue weighted by Gasteiger charge is 2.50. The number of aryl methyl sites for hydroxylation is 1. The minimum Gasteiger partial charge on any atom is -0.310 e. The Morgan fingerprint density at radius 1 is 1.12 bits per heavy atom. The smallest absolute Gasteiger partial charge is 0.234 e. The molecule has 1 aromatic carbocycles. The standard InChI is InChI=1S/C20H23N3O/c1-16-4-6-17(7-5-16)14-22-11-8-20(15-22)9-12-23(19(20)24)18-3-2-10-21-13-18/h2-7,10,13H,8-9,11-12,14-15H2,1H3/t20-/m0/s1. The maximum atomic E-state index is 13.0. The van der Waals surface area contributed by atoms with Gasteiger partial charge in [0.05, 0.1) is 17.3 Å². The zero-order valence-corrected chi connectivity index (χ0v) is 14.1. The van der Waals surface area contributed by atoms with Crippen LogP contribution in [-0.2, 0) is 11.3 Å². The number of carbonyl (C=O) groups is 1. The Hall–Kier alpha value is -2.20. The Balaban J connectivity index is 1.46. The number of likely N-dealkylation sites (tertiary alicyclic amines) is 1. The molecule has 2 saturated heterocycles. The molecule has 124 valence electrons. The molecule has 1 aromatic heterocycles. The summed E-state index contributed by atoms with van der Waals surface area (Å²) in [5, 5.41) is 0. The summed E-state index contributed by atoms with van der Waals surface area (Å²) in [6.45, 7) is 5.72. The van der Waals surface area contributed by atoms with Gasteiger partial charge in [0.1, 0.15) is 0 Å². The second kappa shape index (κ2) is 6.02. The molecule has 2 fully saturated rings. The molecule has 2 aliphatic rings. The lowest BCUT2D eigenvalue weighted by molar-refractivity contribution is -0.125. The van der Waals surface area contributed by atoms with E-state index in [0.717, 1.165) is 44.7 Å². The van der Waals surface area contributed by atoms with E-state index < -0.39 is 0 Å². The van der Waals surface area contributed by atoms with Gasteiger partial charge >= 0.3 is 0 Å². The van der Waals surface area contributed by atoms with Gasteiger partial charge in [-0.3, -0.25) is 14.7 Å². The lowest BCUT2D eigenvalue weighted by Crippen LogP contribution is -2.36. The molecule has 4 heteroatoms. The van der Waals surface area contributed by atoms with E-state index in [1.165, 1.54) is 11.1 Å². The number of hydrogen-bond acceptors (Lipinski definition) is 3. The van der Waals surface area contributed by atoms with Crippen LogP contribution < -0.4 is 4.90 Å². The highest BCUT2D eigenvalue weighted by molar-refractivity contribution is 6.00. The molecular weight excluding hydrogens is 298 g/mol. The predicted molar refractivity (Wildman–Crippen MR) is 94.7 cm³/mol. The minimum absolute atomic E-state index is 0.194. The van der Waals surface area contributed by atoms with Crippen LogP contribution in [0, 0.1) is 12.3 Å². The monoisotopic (exact) mass is 321 g/mol. The first-order chi connectivity index (χ1) is 11.7. The van der Waals surface area contributed by atoms with Gasteiger partial charge in [-0.25, -0.2) is 0 Å². The van der Waals surface area contributed by atoms with E-state index in [0.29, 0.717) is 0 Å². The highest BCUT2D eigenvalue weighted by Crippen LogP contribution is 2.42. The van der Waals surface area contributed by atoms with Crippen LogP contribution >= 0.6 is 0 Å². The van der Waals surface area contributed by atoms with Gasteiger partial charge in [-0.15, -0.1) is 0 Å². The molecule has 1 spiro atoms. The molecule has 1 atom stereocenters. The number of amides is 1. The third-order valence-electron chi connectivity index (χ3n) is 5.43. The molecule has 4 rings (SSSR count). The molecule has 0 saturated carbocycles. The number of nitrogens with zero attached hydrogens (tertiary/aromatic N) is 3. The molecule has 0 aliphatic carbocycles. The molecule has 0 unspecified atom stereocenters. The van der Waals surface area contributed by atoms with Gasteiger partial charge in [0.2, 0.25) is 5.91 Å². The summed E-state index contributed by atoms with van der Waals surface area (Å²) in [6, 6.07) is 12.6. The van der Waals surface area contributed by atoms with Crippen LogP contribution in [0.1, 0.15) is 24.0 Å². The third kappa shape index (κ3) is 2.71. The van der Waals surface area contributed by atoms with Gasteiger partial charge < -0.3 is 4.90 Å². The average Bonchev–Trinajstić information content (AvgIpc) is 3.16. The molecule has 0 N–H and O–H groups in total. The SMILES string of the molecule is Cc1ccc(CN2CC[C@]3(CCN(c4cccnc4)C3=O)C2)cc1. The first-order valence-electron chi connectivity index (χ1n) is 8.66. The molecule has 2 aromatic rings. The molecule has 0 bridgehead atoms. The average molecular weight is 321 g/mol. The summed E-state index contributed by atoms with van der Waals surface area (Å²) in [5.41, 5.74) is 3.35.